The van der Waals surface area contributed by atoms with E-state index in [0.717, 1.165) is 19.3 Å². The van der Waals surface area contributed by atoms with Gasteiger partial charge in [0.2, 0.25) is 6.79 Å². The number of hydrogen-bond acceptors (Lipinski definition) is 5. The smallest absolute Gasteiger partial charge is 0.411 e. The molecule has 2 aromatic rings. The van der Waals surface area contributed by atoms with E-state index < -0.39 is 17.7 Å². The van der Waals surface area contributed by atoms with E-state index in [4.69, 9.17) is 14.2 Å². The number of aryl methyl sites for hydroxylation is 1. The lowest BCUT2D eigenvalue weighted by atomic mass is 10.0. The number of ketones is 1. The van der Waals surface area contributed by atoms with Crippen LogP contribution in [0.15, 0.2) is 48.5 Å². The van der Waals surface area contributed by atoms with Gasteiger partial charge in [0.1, 0.15) is 5.60 Å². The lowest BCUT2D eigenvalue weighted by molar-refractivity contribution is 0.0140. The molecule has 2 aromatic carbocycles. The van der Waals surface area contributed by atoms with Crippen molar-refractivity contribution in [2.75, 3.05) is 6.79 Å². The molecule has 2 atom stereocenters. The van der Waals surface area contributed by atoms with Gasteiger partial charge in [-0.05, 0) is 70.2 Å². The molecule has 0 saturated carbocycles. The van der Waals surface area contributed by atoms with Crippen LogP contribution in [0.3, 0.4) is 0 Å². The van der Waals surface area contributed by atoms with Gasteiger partial charge < -0.3 is 14.2 Å². The summed E-state index contributed by atoms with van der Waals surface area (Å²) in [5.41, 5.74) is 1.11. The number of ether oxygens (including phenoxy) is 3. The molecule has 4 rings (SSSR count). The second kappa shape index (κ2) is 8.61. The molecule has 6 nitrogen and oxygen atoms in total. The summed E-state index contributed by atoms with van der Waals surface area (Å²) in [4.78, 5) is 28.2. The second-order valence-electron chi connectivity index (χ2n) is 9.09. The summed E-state index contributed by atoms with van der Waals surface area (Å²) in [7, 11) is 0. The fourth-order valence-corrected chi connectivity index (χ4v) is 4.23. The Balaban J connectivity index is 1.55. The summed E-state index contributed by atoms with van der Waals surface area (Å²) in [6.07, 6.45) is 2.59. The Morgan fingerprint density at radius 3 is 2.52 bits per heavy atom. The first-order valence-corrected chi connectivity index (χ1v) is 10.8. The van der Waals surface area contributed by atoms with Crippen molar-refractivity contribution >= 4 is 11.9 Å². The van der Waals surface area contributed by atoms with Gasteiger partial charge in [-0.1, -0.05) is 30.3 Å². The van der Waals surface area contributed by atoms with Gasteiger partial charge in [0.05, 0.1) is 6.04 Å². The lowest BCUT2D eigenvalue weighted by Crippen LogP contribution is -2.47. The van der Waals surface area contributed by atoms with Crippen molar-refractivity contribution in [3.8, 4) is 11.5 Å². The summed E-state index contributed by atoms with van der Waals surface area (Å²) in [5.74, 6) is 1.10. The molecule has 1 saturated heterocycles. The van der Waals surface area contributed by atoms with Crippen LogP contribution >= 0.6 is 0 Å². The van der Waals surface area contributed by atoms with Crippen LogP contribution < -0.4 is 9.47 Å². The molecule has 0 aromatic heterocycles. The van der Waals surface area contributed by atoms with Gasteiger partial charge in [0.15, 0.2) is 17.3 Å². The number of likely N-dealkylation sites (tertiary alicyclic amines) is 1. The van der Waals surface area contributed by atoms with Gasteiger partial charge >= 0.3 is 6.09 Å². The molecule has 2 heterocycles. The highest BCUT2D eigenvalue weighted by molar-refractivity contribution is 6.02. The number of Topliss-reactive ketones (excluding diaryl/α,β-unsaturated/α-hetero) is 1. The van der Waals surface area contributed by atoms with Gasteiger partial charge in [-0.15, -0.1) is 0 Å². The number of rotatable bonds is 5. The third kappa shape index (κ3) is 4.84. The molecule has 1 amide bonds. The summed E-state index contributed by atoms with van der Waals surface area (Å²) < 4.78 is 16.5. The van der Waals surface area contributed by atoms with Crippen molar-refractivity contribution < 1.29 is 23.8 Å². The van der Waals surface area contributed by atoms with Gasteiger partial charge in [-0.2, -0.15) is 0 Å². The molecule has 2 aliphatic heterocycles. The highest BCUT2D eigenvalue weighted by atomic mass is 16.7. The van der Waals surface area contributed by atoms with Crippen molar-refractivity contribution in [1.29, 1.82) is 0 Å². The molecule has 0 aliphatic carbocycles. The second-order valence-corrected chi connectivity index (χ2v) is 9.09. The minimum Gasteiger partial charge on any atom is -0.454 e. The van der Waals surface area contributed by atoms with Gasteiger partial charge in [-0.25, -0.2) is 4.79 Å². The van der Waals surface area contributed by atoms with Crippen LogP contribution in [0.4, 0.5) is 4.79 Å². The lowest BCUT2D eigenvalue weighted by Gasteiger charge is -2.32. The zero-order chi connectivity index (χ0) is 22.0. The summed E-state index contributed by atoms with van der Waals surface area (Å²) in [6.45, 7) is 5.68. The fraction of sp³-hybridized carbons (Fsp3) is 0.440. The molecule has 0 bridgehead atoms. The van der Waals surface area contributed by atoms with E-state index in [9.17, 15) is 9.59 Å². The molecule has 0 unspecified atom stereocenters. The van der Waals surface area contributed by atoms with Crippen molar-refractivity contribution in [3.63, 3.8) is 0 Å². The Morgan fingerprint density at radius 1 is 1.03 bits per heavy atom. The van der Waals surface area contributed by atoms with E-state index in [0.29, 0.717) is 23.5 Å². The normalized spacial score (nSPS) is 20.0. The SMILES string of the molecule is CC(C)(C)OC(=O)N1[C@H](CCc2ccccc2)CC[C@@H]1C(=O)c1ccc2c(c1)OCO2. The van der Waals surface area contributed by atoms with Gasteiger partial charge in [0, 0.05) is 11.6 Å². The molecule has 31 heavy (non-hydrogen) atoms. The monoisotopic (exact) mass is 423 g/mol. The molecule has 1 fully saturated rings. The number of carbonyl (C=O) groups is 2. The van der Waals surface area contributed by atoms with E-state index >= 15 is 0 Å². The van der Waals surface area contributed by atoms with Crippen molar-refractivity contribution in [2.24, 2.45) is 0 Å². The number of nitrogens with zero attached hydrogens (tertiary/aromatic N) is 1. The zero-order valence-corrected chi connectivity index (χ0v) is 18.3. The highest BCUT2D eigenvalue weighted by Crippen LogP contribution is 2.35. The van der Waals surface area contributed by atoms with E-state index in [2.05, 4.69) is 12.1 Å². The Kier molecular flexibility index (Phi) is 5.90. The van der Waals surface area contributed by atoms with Crippen molar-refractivity contribution in [2.45, 2.75) is 64.1 Å². The van der Waals surface area contributed by atoms with Crippen LogP contribution in [0, 0.1) is 0 Å². The Morgan fingerprint density at radius 2 is 1.77 bits per heavy atom. The average Bonchev–Trinajstić information content (AvgIpc) is 3.37. The predicted octanol–water partition coefficient (Wildman–Crippen LogP) is 5.00. The molecule has 6 heteroatoms. The molecule has 2 aliphatic rings. The summed E-state index contributed by atoms with van der Waals surface area (Å²) in [6, 6.07) is 14.8. The fourth-order valence-electron chi connectivity index (χ4n) is 4.23. The third-order valence-corrected chi connectivity index (χ3v) is 5.68. The highest BCUT2D eigenvalue weighted by Gasteiger charge is 2.43. The molecule has 0 N–H and O–H groups in total. The zero-order valence-electron chi connectivity index (χ0n) is 18.3. The molecular formula is C25H29NO5. The Labute approximate surface area is 183 Å². The topological polar surface area (TPSA) is 65.1 Å². The van der Waals surface area contributed by atoms with Crippen molar-refractivity contribution in [3.05, 3.63) is 59.7 Å². The van der Waals surface area contributed by atoms with E-state index in [1.165, 1.54) is 5.56 Å². The summed E-state index contributed by atoms with van der Waals surface area (Å²) in [5, 5.41) is 0. The largest absolute Gasteiger partial charge is 0.454 e. The number of hydrogen-bond donors (Lipinski definition) is 0. The van der Waals surface area contributed by atoms with E-state index in [-0.39, 0.29) is 18.6 Å². The average molecular weight is 424 g/mol. The predicted molar refractivity (Wildman–Crippen MR) is 117 cm³/mol. The molecule has 0 radical (unpaired) electrons. The first-order valence-electron chi connectivity index (χ1n) is 10.8. The standard InChI is InChI=1S/C25H29NO5/c1-25(2,3)31-24(28)26-19(11-9-17-7-5-4-6-8-17)12-13-20(26)23(27)18-10-14-21-22(15-18)30-16-29-21/h4-8,10,14-15,19-20H,9,11-13,16H2,1-3H3/t19-,20-/m1/s1. The summed E-state index contributed by atoms with van der Waals surface area (Å²) >= 11 is 0. The van der Waals surface area contributed by atoms with Crippen LogP contribution in [0.1, 0.15) is 56.0 Å². The third-order valence-electron chi connectivity index (χ3n) is 5.68. The molecule has 164 valence electrons. The maximum absolute atomic E-state index is 13.4. The number of fused-ring (bicyclic) bond motifs is 1. The number of amides is 1. The van der Waals surface area contributed by atoms with Gasteiger partial charge in [-0.3, -0.25) is 9.69 Å². The van der Waals surface area contributed by atoms with Crippen LogP contribution in [0.25, 0.3) is 0 Å². The quantitative estimate of drug-likeness (QED) is 0.633. The van der Waals surface area contributed by atoms with Crippen LogP contribution in [-0.2, 0) is 11.2 Å². The van der Waals surface area contributed by atoms with Crippen LogP contribution in [0.2, 0.25) is 0 Å². The minimum atomic E-state index is -0.629. The maximum Gasteiger partial charge on any atom is 0.411 e. The molecule has 0 spiro atoms. The maximum atomic E-state index is 13.4. The van der Waals surface area contributed by atoms with Gasteiger partial charge in [0.25, 0.3) is 0 Å². The minimum absolute atomic E-state index is 0.0435. The molecular weight excluding hydrogens is 394 g/mol. The van der Waals surface area contributed by atoms with Crippen molar-refractivity contribution in [1.82, 2.24) is 4.90 Å². The first kappa shape index (κ1) is 21.2. The van der Waals surface area contributed by atoms with E-state index in [1.54, 1.807) is 23.1 Å². The van der Waals surface area contributed by atoms with Crippen LogP contribution in [0.5, 0.6) is 11.5 Å². The Bertz CT molecular complexity index is 950. The Hall–Kier alpha value is -3.02. The number of benzene rings is 2. The first-order chi connectivity index (χ1) is 14.8. The van der Waals surface area contributed by atoms with E-state index in [1.807, 2.05) is 39.0 Å². The number of carbonyl (C=O) groups excluding carboxylic acids is 2. The van der Waals surface area contributed by atoms with Crippen LogP contribution in [-0.4, -0.2) is 41.3 Å².